The topological polar surface area (TPSA) is 75.4 Å². The van der Waals surface area contributed by atoms with E-state index in [0.717, 1.165) is 6.42 Å². The highest BCUT2D eigenvalue weighted by atomic mass is 16.2. The van der Waals surface area contributed by atoms with E-state index in [9.17, 15) is 9.59 Å². The fourth-order valence-corrected chi connectivity index (χ4v) is 1.33. The molecule has 1 aliphatic rings. The first kappa shape index (κ1) is 11.0. The summed E-state index contributed by atoms with van der Waals surface area (Å²) in [5.41, 5.74) is 5.55. The first-order valence-corrected chi connectivity index (χ1v) is 4.83. The van der Waals surface area contributed by atoms with E-state index in [0.29, 0.717) is 6.54 Å². The first-order valence-electron chi connectivity index (χ1n) is 4.83. The number of carbonyl (C=O) groups excluding carboxylic acids is 2. The van der Waals surface area contributed by atoms with Crippen molar-refractivity contribution >= 4 is 11.8 Å². The third kappa shape index (κ3) is 2.70. The van der Waals surface area contributed by atoms with Crippen LogP contribution in [0.2, 0.25) is 0 Å². The smallest absolute Gasteiger partial charge is 0.239 e. The van der Waals surface area contributed by atoms with Gasteiger partial charge < -0.3 is 16.0 Å². The lowest BCUT2D eigenvalue weighted by Crippen LogP contribution is -2.39. The molecule has 1 aliphatic carbocycles. The van der Waals surface area contributed by atoms with E-state index < -0.39 is 0 Å². The fraction of sp³-hybridized carbons (Fsp3) is 0.778. The van der Waals surface area contributed by atoms with Crippen molar-refractivity contribution in [3.8, 4) is 0 Å². The van der Waals surface area contributed by atoms with E-state index in [2.05, 4.69) is 5.32 Å². The van der Waals surface area contributed by atoms with Gasteiger partial charge in [0.25, 0.3) is 0 Å². The average Bonchev–Trinajstić information content (AvgIpc) is 2.81. The number of nitrogens with one attached hydrogen (secondary N) is 1. The van der Waals surface area contributed by atoms with Gasteiger partial charge in [-0.05, 0) is 13.3 Å². The minimum absolute atomic E-state index is 0.000753. The summed E-state index contributed by atoms with van der Waals surface area (Å²) in [7, 11) is 1.63. The first-order chi connectivity index (χ1) is 6.56. The zero-order chi connectivity index (χ0) is 10.7. The molecule has 1 saturated carbocycles. The van der Waals surface area contributed by atoms with Crippen molar-refractivity contribution in [3.05, 3.63) is 0 Å². The molecule has 0 radical (unpaired) electrons. The number of nitrogens with two attached hydrogens (primary N) is 1. The van der Waals surface area contributed by atoms with Crippen molar-refractivity contribution in [1.82, 2.24) is 10.2 Å². The summed E-state index contributed by atoms with van der Waals surface area (Å²) in [6, 6.07) is -0.000753. The van der Waals surface area contributed by atoms with Crippen molar-refractivity contribution in [3.63, 3.8) is 0 Å². The zero-order valence-electron chi connectivity index (χ0n) is 8.62. The summed E-state index contributed by atoms with van der Waals surface area (Å²) in [4.78, 5) is 24.1. The highest BCUT2D eigenvalue weighted by molar-refractivity contribution is 5.87. The van der Waals surface area contributed by atoms with E-state index in [-0.39, 0.29) is 30.3 Å². The Balaban J connectivity index is 2.30. The van der Waals surface area contributed by atoms with E-state index in [1.165, 1.54) is 4.90 Å². The van der Waals surface area contributed by atoms with Gasteiger partial charge in [0.1, 0.15) is 0 Å². The van der Waals surface area contributed by atoms with Crippen LogP contribution in [0.15, 0.2) is 0 Å². The average molecular weight is 199 g/mol. The maximum Gasteiger partial charge on any atom is 0.239 e. The van der Waals surface area contributed by atoms with Gasteiger partial charge >= 0.3 is 0 Å². The predicted molar refractivity (Wildman–Crippen MR) is 52.4 cm³/mol. The second-order valence-electron chi connectivity index (χ2n) is 3.65. The maximum atomic E-state index is 11.5. The largest absolute Gasteiger partial charge is 0.355 e. The molecule has 80 valence electrons. The molecule has 14 heavy (non-hydrogen) atoms. The number of carbonyl (C=O) groups is 2. The molecule has 5 heteroatoms. The Kier molecular flexibility index (Phi) is 3.46. The molecular formula is C9H17N3O2. The molecule has 1 fully saturated rings. The van der Waals surface area contributed by atoms with E-state index in [1.807, 2.05) is 6.92 Å². The molecule has 2 unspecified atom stereocenters. The monoisotopic (exact) mass is 199 g/mol. The SMILES string of the molecule is CCNC(=O)CN(C)C(=O)C1CC1N. The van der Waals surface area contributed by atoms with Crippen LogP contribution in [0.1, 0.15) is 13.3 Å². The number of likely N-dealkylation sites (N-methyl/N-ethyl adjacent to an activating group) is 2. The van der Waals surface area contributed by atoms with Gasteiger partial charge in [0, 0.05) is 19.6 Å². The van der Waals surface area contributed by atoms with Crippen molar-refractivity contribution in [2.75, 3.05) is 20.1 Å². The molecule has 0 aromatic heterocycles. The number of rotatable bonds is 4. The lowest BCUT2D eigenvalue weighted by molar-refractivity contribution is -0.135. The third-order valence-corrected chi connectivity index (χ3v) is 2.29. The summed E-state index contributed by atoms with van der Waals surface area (Å²) in [5, 5.41) is 2.64. The van der Waals surface area contributed by atoms with Gasteiger partial charge in [-0.3, -0.25) is 9.59 Å². The second kappa shape index (κ2) is 4.41. The molecule has 2 amide bonds. The molecule has 0 aromatic carbocycles. The summed E-state index contributed by atoms with van der Waals surface area (Å²) < 4.78 is 0. The Bertz CT molecular complexity index is 242. The van der Waals surface area contributed by atoms with Crippen LogP contribution in [0.3, 0.4) is 0 Å². The molecule has 3 N–H and O–H groups in total. The fourth-order valence-electron chi connectivity index (χ4n) is 1.33. The number of hydrogen-bond donors (Lipinski definition) is 2. The minimum Gasteiger partial charge on any atom is -0.355 e. The van der Waals surface area contributed by atoms with Crippen molar-refractivity contribution in [1.29, 1.82) is 0 Å². The molecular weight excluding hydrogens is 182 g/mol. The van der Waals surface area contributed by atoms with Crippen LogP contribution in [-0.4, -0.2) is 42.9 Å². The Labute approximate surface area is 83.6 Å². The molecule has 5 nitrogen and oxygen atoms in total. The highest BCUT2D eigenvalue weighted by Crippen LogP contribution is 2.29. The molecule has 1 rings (SSSR count). The molecule has 0 spiro atoms. The number of amides is 2. The Morgan fingerprint density at radius 3 is 2.57 bits per heavy atom. The lowest BCUT2D eigenvalue weighted by atomic mass is 10.3. The Morgan fingerprint density at radius 2 is 2.14 bits per heavy atom. The summed E-state index contributed by atoms with van der Waals surface area (Å²) in [5.74, 6) is -0.212. The third-order valence-electron chi connectivity index (χ3n) is 2.29. The van der Waals surface area contributed by atoms with Crippen LogP contribution in [0.4, 0.5) is 0 Å². The zero-order valence-corrected chi connectivity index (χ0v) is 8.62. The van der Waals surface area contributed by atoms with Crippen LogP contribution in [-0.2, 0) is 9.59 Å². The van der Waals surface area contributed by atoms with Crippen LogP contribution in [0, 0.1) is 5.92 Å². The predicted octanol–water partition coefficient (Wildman–Crippen LogP) is -1.07. The van der Waals surface area contributed by atoms with Crippen LogP contribution in [0.5, 0.6) is 0 Å². The van der Waals surface area contributed by atoms with Gasteiger partial charge in [-0.25, -0.2) is 0 Å². The molecule has 0 aromatic rings. The quantitative estimate of drug-likeness (QED) is 0.605. The van der Waals surface area contributed by atoms with E-state index in [1.54, 1.807) is 7.05 Å². The number of nitrogens with zero attached hydrogens (tertiary/aromatic N) is 1. The van der Waals surface area contributed by atoms with Gasteiger partial charge in [0.15, 0.2) is 0 Å². The summed E-state index contributed by atoms with van der Waals surface area (Å²) in [6.45, 7) is 2.55. The van der Waals surface area contributed by atoms with Gasteiger partial charge in [-0.1, -0.05) is 0 Å². The van der Waals surface area contributed by atoms with E-state index >= 15 is 0 Å². The van der Waals surface area contributed by atoms with Crippen LogP contribution >= 0.6 is 0 Å². The summed E-state index contributed by atoms with van der Waals surface area (Å²) in [6.07, 6.45) is 0.749. The Hall–Kier alpha value is -1.10. The van der Waals surface area contributed by atoms with Gasteiger partial charge in [0.2, 0.25) is 11.8 Å². The lowest BCUT2D eigenvalue weighted by Gasteiger charge is -2.16. The van der Waals surface area contributed by atoms with Gasteiger partial charge in [0.05, 0.1) is 12.5 Å². The van der Waals surface area contributed by atoms with Gasteiger partial charge in [-0.2, -0.15) is 0 Å². The van der Waals surface area contributed by atoms with Crippen LogP contribution < -0.4 is 11.1 Å². The molecule has 2 atom stereocenters. The second-order valence-corrected chi connectivity index (χ2v) is 3.65. The summed E-state index contributed by atoms with van der Waals surface area (Å²) >= 11 is 0. The Morgan fingerprint density at radius 1 is 1.57 bits per heavy atom. The molecule has 0 heterocycles. The van der Waals surface area contributed by atoms with Crippen molar-refractivity contribution in [2.45, 2.75) is 19.4 Å². The normalized spacial score (nSPS) is 24.2. The molecule has 0 bridgehead atoms. The maximum absolute atomic E-state index is 11.5. The highest BCUT2D eigenvalue weighted by Gasteiger charge is 2.41. The minimum atomic E-state index is -0.127. The van der Waals surface area contributed by atoms with Crippen molar-refractivity contribution in [2.24, 2.45) is 11.7 Å². The van der Waals surface area contributed by atoms with Gasteiger partial charge in [-0.15, -0.1) is 0 Å². The van der Waals surface area contributed by atoms with Crippen molar-refractivity contribution < 1.29 is 9.59 Å². The standard InChI is InChI=1S/C9H17N3O2/c1-3-11-8(13)5-12(2)9(14)6-4-7(6)10/h6-7H,3-5,10H2,1-2H3,(H,11,13). The van der Waals surface area contributed by atoms with Crippen LogP contribution in [0.25, 0.3) is 0 Å². The molecule has 0 saturated heterocycles. The molecule has 0 aliphatic heterocycles. The number of hydrogen-bond acceptors (Lipinski definition) is 3. The van der Waals surface area contributed by atoms with E-state index in [4.69, 9.17) is 5.73 Å².